The van der Waals surface area contributed by atoms with Crippen molar-refractivity contribution in [1.29, 1.82) is 0 Å². The minimum Gasteiger partial charge on any atom is -0.196 e. The molecule has 0 aliphatic heterocycles. The second kappa shape index (κ2) is 15.7. The first-order valence-corrected chi connectivity index (χ1v) is 14.2. The Morgan fingerprint density at radius 3 is 1.58 bits per heavy atom. The van der Waals surface area contributed by atoms with E-state index in [-0.39, 0.29) is 26.2 Å². The van der Waals surface area contributed by atoms with E-state index in [9.17, 15) is 0 Å². The summed E-state index contributed by atoms with van der Waals surface area (Å²) < 4.78 is 0. The van der Waals surface area contributed by atoms with E-state index in [2.05, 4.69) is 138 Å². The third-order valence-electron chi connectivity index (χ3n) is 7.03. The van der Waals surface area contributed by atoms with Gasteiger partial charge in [-0.2, -0.15) is 33.9 Å². The van der Waals surface area contributed by atoms with E-state index in [1.807, 2.05) is 19.1 Å². The van der Waals surface area contributed by atoms with Crippen LogP contribution in [-0.2, 0) is 26.2 Å². The number of fused-ring (bicyclic) bond motifs is 1. The van der Waals surface area contributed by atoms with Crippen LogP contribution in [0.5, 0.6) is 0 Å². The van der Waals surface area contributed by atoms with Crippen molar-refractivity contribution in [2.24, 2.45) is 0 Å². The molecule has 0 spiro atoms. The predicted octanol–water partition coefficient (Wildman–Crippen LogP) is 9.01. The minimum absolute atomic E-state index is 0. The first kappa shape index (κ1) is 31.6. The monoisotopic (exact) mass is 592 g/mol. The SMILES string of the molecule is C=CC=CC.Cc1c(C)c(C)[c-](C)c1C.[Zr+2].c1ccc(P(c2ccccc2)c2cc3ccccc3[cH-]2)cc1. The largest absolute Gasteiger partial charge is 2.00 e. The van der Waals surface area contributed by atoms with Gasteiger partial charge >= 0.3 is 26.2 Å². The number of allylic oxidation sites excluding steroid dienone is 3. The summed E-state index contributed by atoms with van der Waals surface area (Å²) in [7, 11) is -0.493. The summed E-state index contributed by atoms with van der Waals surface area (Å²) in [5.41, 5.74) is 7.34. The molecule has 38 heavy (non-hydrogen) atoms. The van der Waals surface area contributed by atoms with Gasteiger partial charge in [-0.15, -0.1) is 40.3 Å². The Morgan fingerprint density at radius 1 is 0.737 bits per heavy atom. The molecule has 0 nitrogen and oxygen atoms in total. The van der Waals surface area contributed by atoms with E-state index in [4.69, 9.17) is 0 Å². The molecule has 0 amide bonds. The third-order valence-corrected chi connectivity index (χ3v) is 9.43. The van der Waals surface area contributed by atoms with Crippen molar-refractivity contribution in [2.45, 2.75) is 41.5 Å². The molecule has 0 fully saturated rings. The van der Waals surface area contributed by atoms with E-state index in [0.717, 1.165) is 0 Å². The molecule has 0 radical (unpaired) electrons. The third kappa shape index (κ3) is 7.96. The van der Waals surface area contributed by atoms with Crippen LogP contribution in [-0.4, -0.2) is 0 Å². The molecule has 5 aromatic carbocycles. The van der Waals surface area contributed by atoms with Gasteiger partial charge in [0, 0.05) is 0 Å². The van der Waals surface area contributed by atoms with Crippen molar-refractivity contribution < 1.29 is 26.2 Å². The molecule has 0 bridgehead atoms. The second-order valence-electron chi connectivity index (χ2n) is 9.24. The van der Waals surface area contributed by atoms with Crippen molar-refractivity contribution in [2.75, 3.05) is 0 Å². The zero-order chi connectivity index (χ0) is 26.8. The van der Waals surface area contributed by atoms with Gasteiger partial charge in [0.25, 0.3) is 0 Å². The fraction of sp³-hybridized carbons (Fsp3) is 0.167. The van der Waals surface area contributed by atoms with Gasteiger partial charge in [-0.1, -0.05) is 126 Å². The van der Waals surface area contributed by atoms with E-state index >= 15 is 0 Å². The van der Waals surface area contributed by atoms with E-state index in [0.29, 0.717) is 0 Å². The number of rotatable bonds is 4. The molecule has 0 aromatic heterocycles. The molecule has 5 rings (SSSR count). The Kier molecular flexibility index (Phi) is 13.1. The number of benzene rings is 3. The van der Waals surface area contributed by atoms with Gasteiger partial charge in [-0.25, -0.2) is 0 Å². The first-order chi connectivity index (χ1) is 17.9. The van der Waals surface area contributed by atoms with Crippen molar-refractivity contribution in [3.8, 4) is 0 Å². The smallest absolute Gasteiger partial charge is 0.196 e. The average molecular weight is 594 g/mol. The van der Waals surface area contributed by atoms with Crippen molar-refractivity contribution >= 4 is 34.6 Å². The van der Waals surface area contributed by atoms with Gasteiger partial charge < -0.3 is 0 Å². The van der Waals surface area contributed by atoms with Crippen LogP contribution in [0, 0.1) is 34.6 Å². The Labute approximate surface area is 250 Å². The second-order valence-corrected chi connectivity index (χ2v) is 11.5. The topological polar surface area (TPSA) is 0 Å². The molecule has 0 heterocycles. The maximum Gasteiger partial charge on any atom is 2.00 e. The van der Waals surface area contributed by atoms with Gasteiger partial charge in [-0.3, -0.25) is 0 Å². The van der Waals surface area contributed by atoms with Gasteiger partial charge in [0.05, 0.1) is 0 Å². The molecule has 0 atom stereocenters. The number of hydrogen-bond donors (Lipinski definition) is 0. The van der Waals surface area contributed by atoms with Crippen molar-refractivity contribution in [1.82, 2.24) is 0 Å². The van der Waals surface area contributed by atoms with Crippen molar-refractivity contribution in [3.63, 3.8) is 0 Å². The predicted molar refractivity (Wildman–Crippen MR) is 169 cm³/mol. The zero-order valence-corrected chi connectivity index (χ0v) is 27.0. The van der Waals surface area contributed by atoms with Crippen molar-refractivity contribution in [3.05, 3.63) is 150 Å². The molecule has 192 valence electrons. The van der Waals surface area contributed by atoms with E-state index < -0.39 is 7.92 Å². The Bertz CT molecular complexity index is 1280. The number of hydrogen-bond acceptors (Lipinski definition) is 0. The summed E-state index contributed by atoms with van der Waals surface area (Å²) >= 11 is 0. The zero-order valence-electron chi connectivity index (χ0n) is 23.6. The van der Waals surface area contributed by atoms with Crippen LogP contribution in [0.15, 0.2) is 122 Å². The maximum atomic E-state index is 3.46. The van der Waals surface area contributed by atoms with Gasteiger partial charge in [0.1, 0.15) is 0 Å². The quantitative estimate of drug-likeness (QED) is 0.111. The van der Waals surface area contributed by atoms with Gasteiger partial charge in [0.15, 0.2) is 0 Å². The average Bonchev–Trinajstić information content (AvgIpc) is 3.43. The van der Waals surface area contributed by atoms with Crippen LogP contribution < -0.4 is 15.9 Å². The summed E-state index contributed by atoms with van der Waals surface area (Å²) in [6.07, 6.45) is 5.58. The normalized spacial score (nSPS) is 10.4. The van der Waals surface area contributed by atoms with E-state index in [1.54, 1.807) is 6.08 Å². The standard InChI is InChI=1S/C21H16P.C10H15.C5H8.Zr/c1-3-11-19(12-4-1)22(20-13-5-2-6-14-20)21-15-17-9-7-8-10-18(17)16-21;1-6-7(2)9(4)10(5)8(6)3;1-3-5-4-2;/h1-16H;1-5H3;3-5H,1H2,2H3;/q2*-1;;+2. The Hall–Kier alpha value is -2.59. The Balaban J connectivity index is 0.000000265. The molecule has 0 N–H and O–H groups in total. The van der Waals surface area contributed by atoms with Crippen LogP contribution in [0.4, 0.5) is 0 Å². The molecule has 5 aromatic rings. The summed E-state index contributed by atoms with van der Waals surface area (Å²) in [6.45, 7) is 16.4. The van der Waals surface area contributed by atoms with Gasteiger partial charge in [0.2, 0.25) is 0 Å². The molecule has 2 heteroatoms. The van der Waals surface area contributed by atoms with Crippen LogP contribution in [0.3, 0.4) is 0 Å². The summed E-state index contributed by atoms with van der Waals surface area (Å²) in [4.78, 5) is 0. The first-order valence-electron chi connectivity index (χ1n) is 12.9. The van der Waals surface area contributed by atoms with Gasteiger partial charge in [-0.05, 0) is 25.5 Å². The molecule has 0 saturated carbocycles. The fourth-order valence-electron chi connectivity index (χ4n) is 4.41. The van der Waals surface area contributed by atoms with Crippen LogP contribution in [0.1, 0.15) is 34.7 Å². The molecule has 0 saturated heterocycles. The summed E-state index contributed by atoms with van der Waals surface area (Å²) in [5.74, 6) is 0. The molecule has 0 aliphatic rings. The Morgan fingerprint density at radius 2 is 1.21 bits per heavy atom. The van der Waals surface area contributed by atoms with Crippen LogP contribution >= 0.6 is 7.92 Å². The molecule has 0 unspecified atom stereocenters. The molecule has 0 aliphatic carbocycles. The maximum absolute atomic E-state index is 3.46. The van der Waals surface area contributed by atoms with E-state index in [1.165, 1.54) is 54.5 Å². The molecular weight excluding hydrogens is 555 g/mol. The van der Waals surface area contributed by atoms with Crippen LogP contribution in [0.2, 0.25) is 0 Å². The minimum atomic E-state index is -0.493. The fourth-order valence-corrected chi connectivity index (χ4v) is 6.78. The summed E-state index contributed by atoms with van der Waals surface area (Å²) in [6, 6.07) is 35.0. The summed E-state index contributed by atoms with van der Waals surface area (Å²) in [5, 5.41) is 6.89. The molecular formula is C36H39PZr. The van der Waals surface area contributed by atoms with Crippen LogP contribution in [0.25, 0.3) is 10.8 Å².